The van der Waals surface area contributed by atoms with Crippen LogP contribution >= 0.6 is 12.6 Å². The minimum atomic E-state index is 1.07. The smallest absolute Gasteiger partial charge is 0.0786 e. The molecule has 0 radical (unpaired) electrons. The van der Waals surface area contributed by atoms with Crippen LogP contribution in [0, 0.1) is 0 Å². The van der Waals surface area contributed by atoms with Gasteiger partial charge in [0.05, 0.1) is 26.2 Å². The predicted octanol–water partition coefficient (Wildman–Crippen LogP) is 9.67. The molecule has 1 rings (SSSR count). The summed E-state index contributed by atoms with van der Waals surface area (Å²) in [4.78, 5) is 2.44. The monoisotopic (exact) mass is 512 g/mol. The van der Waals surface area contributed by atoms with Crippen LogP contribution in [0.4, 0.5) is 0 Å². The quantitative estimate of drug-likeness (QED) is 0.0687. The highest BCUT2D eigenvalue weighted by molar-refractivity contribution is 7.80. The van der Waals surface area contributed by atoms with E-state index >= 15 is 0 Å². The average Bonchev–Trinajstić information content (AvgIpc) is 2.88. The van der Waals surface area contributed by atoms with Crippen LogP contribution in [-0.2, 0) is 0 Å². The third-order valence-corrected chi connectivity index (χ3v) is 9.08. The molecule has 0 amide bonds. The number of hydrogen-bond acceptors (Lipinski definition) is 2. The number of thiol groups is 1. The number of nitrogens with zero attached hydrogens (tertiary/aromatic N) is 2. The van der Waals surface area contributed by atoms with Crippen LogP contribution in [0.2, 0.25) is 0 Å². The Bertz CT molecular complexity index is 422. The van der Waals surface area contributed by atoms with Gasteiger partial charge in [-0.3, -0.25) is 0 Å². The third kappa shape index (κ3) is 20.0. The predicted molar refractivity (Wildman–Crippen MR) is 163 cm³/mol. The molecule has 0 spiro atoms. The first-order chi connectivity index (χ1) is 17.2. The number of rotatable bonds is 26. The van der Waals surface area contributed by atoms with Crippen molar-refractivity contribution in [2.24, 2.45) is 0 Å². The van der Waals surface area contributed by atoms with Crippen LogP contribution in [0.5, 0.6) is 0 Å². The maximum absolute atomic E-state index is 4.31. The number of hydrogen-bond donors (Lipinski definition) is 1. The summed E-state index contributed by atoms with van der Waals surface area (Å²) in [6.45, 7) is 10.7. The highest BCUT2D eigenvalue weighted by Crippen LogP contribution is 2.23. The Morgan fingerprint density at radius 1 is 0.514 bits per heavy atom. The van der Waals surface area contributed by atoms with Crippen molar-refractivity contribution in [3.8, 4) is 0 Å². The molecule has 1 heterocycles. The zero-order valence-electron chi connectivity index (χ0n) is 24.6. The molecular weight excluding hydrogens is 444 g/mol. The van der Waals surface area contributed by atoms with E-state index in [9.17, 15) is 0 Å². The second-order valence-corrected chi connectivity index (χ2v) is 12.4. The van der Waals surface area contributed by atoms with Crippen LogP contribution in [0.25, 0.3) is 0 Å². The van der Waals surface area contributed by atoms with Crippen LogP contribution in [0.15, 0.2) is 0 Å². The zero-order chi connectivity index (χ0) is 25.3. The molecule has 2 nitrogen and oxygen atoms in total. The van der Waals surface area contributed by atoms with Crippen molar-refractivity contribution in [3.05, 3.63) is 0 Å². The van der Waals surface area contributed by atoms with Gasteiger partial charge < -0.3 is 9.38 Å². The first-order valence-corrected chi connectivity index (χ1v) is 17.0. The molecule has 210 valence electrons. The Balaban J connectivity index is 1.97. The van der Waals surface area contributed by atoms with Crippen LogP contribution < -0.4 is 0 Å². The summed E-state index contributed by atoms with van der Waals surface area (Å²) in [5.74, 6) is 1.07. The van der Waals surface area contributed by atoms with Crippen LogP contribution in [-0.4, -0.2) is 61.5 Å². The second kappa shape index (κ2) is 24.6. The van der Waals surface area contributed by atoms with Gasteiger partial charge in [-0.05, 0) is 83.7 Å². The molecule has 1 aliphatic heterocycles. The molecule has 0 atom stereocenters. The second-order valence-electron chi connectivity index (χ2n) is 12.0. The summed E-state index contributed by atoms with van der Waals surface area (Å²) in [5, 5.41) is 0. The highest BCUT2D eigenvalue weighted by atomic mass is 32.1. The minimum absolute atomic E-state index is 1.07. The van der Waals surface area contributed by atoms with Crippen LogP contribution in [0.1, 0.15) is 155 Å². The maximum atomic E-state index is 4.31. The lowest BCUT2D eigenvalue weighted by molar-refractivity contribution is -0.932. The van der Waals surface area contributed by atoms with Gasteiger partial charge in [0, 0.05) is 0 Å². The normalized spacial score (nSPS) is 15.8. The van der Waals surface area contributed by atoms with E-state index in [0.717, 1.165) is 5.75 Å². The SMILES string of the molecule is CCN(C)CCCCCCCCCCCC[N+]1(CCCCCCCCCCCCS)CCCCC1. The first-order valence-electron chi connectivity index (χ1n) is 16.4. The fourth-order valence-corrected chi connectivity index (χ4v) is 6.34. The Morgan fingerprint density at radius 3 is 1.29 bits per heavy atom. The first kappa shape index (κ1) is 33.3. The summed E-state index contributed by atoms with van der Waals surface area (Å²) in [7, 11) is 2.24. The Labute approximate surface area is 228 Å². The highest BCUT2D eigenvalue weighted by Gasteiger charge is 2.28. The molecule has 0 N–H and O–H groups in total. The van der Waals surface area contributed by atoms with Gasteiger partial charge >= 0.3 is 0 Å². The number of unbranched alkanes of at least 4 members (excludes halogenated alkanes) is 18. The van der Waals surface area contributed by atoms with E-state index in [2.05, 4.69) is 31.5 Å². The number of piperidine rings is 1. The van der Waals surface area contributed by atoms with Crippen molar-refractivity contribution < 1.29 is 4.48 Å². The number of quaternary nitrogens is 1. The van der Waals surface area contributed by atoms with E-state index in [0.29, 0.717) is 0 Å². The lowest BCUT2D eigenvalue weighted by atomic mass is 10.0. The van der Waals surface area contributed by atoms with E-state index in [4.69, 9.17) is 0 Å². The molecular formula is C32H67N2S+. The third-order valence-electron chi connectivity index (χ3n) is 8.77. The molecule has 3 heteroatoms. The number of likely N-dealkylation sites (tertiary alicyclic amines) is 1. The van der Waals surface area contributed by atoms with Crippen LogP contribution in [0.3, 0.4) is 0 Å². The fraction of sp³-hybridized carbons (Fsp3) is 1.00. The lowest BCUT2D eigenvalue weighted by Gasteiger charge is -2.42. The summed E-state index contributed by atoms with van der Waals surface area (Å²) < 4.78 is 1.48. The Morgan fingerprint density at radius 2 is 0.886 bits per heavy atom. The summed E-state index contributed by atoms with van der Waals surface area (Å²) in [6.07, 6.45) is 33.5. The van der Waals surface area contributed by atoms with Gasteiger partial charge in [-0.25, -0.2) is 0 Å². The standard InChI is InChI=1S/C32H66N2S/c1-3-33(2)27-21-16-12-8-4-5-9-13-17-22-28-34(30-24-20-25-31-34)29-23-18-14-10-6-7-11-15-19-26-32-35/h3-32H2,1-2H3/p+1. The van der Waals surface area contributed by atoms with Crippen molar-refractivity contribution in [1.29, 1.82) is 0 Å². The molecule has 0 bridgehead atoms. The van der Waals surface area contributed by atoms with Gasteiger partial charge in [0.15, 0.2) is 0 Å². The van der Waals surface area contributed by atoms with E-state index in [1.165, 1.54) is 191 Å². The van der Waals surface area contributed by atoms with Gasteiger partial charge in [-0.15, -0.1) is 0 Å². The fourth-order valence-electron chi connectivity index (χ4n) is 6.12. The average molecular weight is 512 g/mol. The topological polar surface area (TPSA) is 3.24 Å². The maximum Gasteiger partial charge on any atom is 0.0786 e. The van der Waals surface area contributed by atoms with E-state index < -0.39 is 0 Å². The zero-order valence-corrected chi connectivity index (χ0v) is 25.4. The van der Waals surface area contributed by atoms with E-state index in [1.54, 1.807) is 0 Å². The molecule has 0 saturated carbocycles. The Hall–Kier alpha value is 0.270. The van der Waals surface area contributed by atoms with Crippen molar-refractivity contribution in [1.82, 2.24) is 4.90 Å². The van der Waals surface area contributed by atoms with Crippen molar-refractivity contribution in [2.75, 3.05) is 52.1 Å². The van der Waals surface area contributed by atoms with Crippen molar-refractivity contribution in [3.63, 3.8) is 0 Å². The summed E-state index contributed by atoms with van der Waals surface area (Å²) in [5.41, 5.74) is 0. The molecule has 35 heavy (non-hydrogen) atoms. The minimum Gasteiger partial charge on any atom is -0.324 e. The van der Waals surface area contributed by atoms with E-state index in [1.807, 2.05) is 0 Å². The molecule has 0 aromatic rings. The summed E-state index contributed by atoms with van der Waals surface area (Å²) in [6, 6.07) is 0. The molecule has 0 aliphatic carbocycles. The molecule has 0 aromatic heterocycles. The van der Waals surface area contributed by atoms with Gasteiger partial charge in [0.2, 0.25) is 0 Å². The molecule has 0 unspecified atom stereocenters. The summed E-state index contributed by atoms with van der Waals surface area (Å²) >= 11 is 4.31. The van der Waals surface area contributed by atoms with Gasteiger partial charge in [-0.1, -0.05) is 96.8 Å². The van der Waals surface area contributed by atoms with Gasteiger partial charge in [0.25, 0.3) is 0 Å². The Kier molecular flexibility index (Phi) is 23.4. The molecule has 0 aromatic carbocycles. The van der Waals surface area contributed by atoms with Crippen molar-refractivity contribution in [2.45, 2.75) is 155 Å². The molecule has 1 fully saturated rings. The lowest BCUT2D eigenvalue weighted by Crippen LogP contribution is -2.52. The largest absolute Gasteiger partial charge is 0.324 e. The van der Waals surface area contributed by atoms with Crippen molar-refractivity contribution >= 4 is 12.6 Å². The van der Waals surface area contributed by atoms with E-state index in [-0.39, 0.29) is 0 Å². The molecule has 1 saturated heterocycles. The molecule has 1 aliphatic rings. The van der Waals surface area contributed by atoms with Gasteiger partial charge in [-0.2, -0.15) is 12.6 Å². The van der Waals surface area contributed by atoms with Gasteiger partial charge in [0.1, 0.15) is 0 Å².